The van der Waals surface area contributed by atoms with Crippen molar-refractivity contribution in [2.75, 3.05) is 0 Å². The summed E-state index contributed by atoms with van der Waals surface area (Å²) in [6, 6.07) is 14.4. The van der Waals surface area contributed by atoms with Gasteiger partial charge in [-0.3, -0.25) is 0 Å². The fourth-order valence-corrected chi connectivity index (χ4v) is 1.72. The van der Waals surface area contributed by atoms with Gasteiger partial charge in [-0.25, -0.2) is 0 Å². The zero-order valence-corrected chi connectivity index (χ0v) is 9.80. The van der Waals surface area contributed by atoms with Crippen LogP contribution in [0.25, 0.3) is 0 Å². The van der Waals surface area contributed by atoms with Crippen LogP contribution in [0.4, 0.5) is 0 Å². The Kier molecular flexibility index (Phi) is 4.12. The zero-order chi connectivity index (χ0) is 11.5. The third kappa shape index (κ3) is 2.98. The molecule has 0 heterocycles. The van der Waals surface area contributed by atoms with Crippen molar-refractivity contribution in [2.24, 2.45) is 0 Å². The van der Waals surface area contributed by atoms with E-state index in [1.54, 1.807) is 24.3 Å². The molecule has 0 saturated heterocycles. The second-order valence-corrected chi connectivity index (χ2v) is 3.90. The molecule has 0 radical (unpaired) electrons. The third-order valence-corrected chi connectivity index (χ3v) is 2.79. The maximum Gasteiger partial charge on any atom is 0.115 e. The molecular weight excluding hydrogens is 214 g/mol. The molecule has 2 aromatic carbocycles. The summed E-state index contributed by atoms with van der Waals surface area (Å²) in [6.07, 6.45) is 0. The molecule has 0 bridgehead atoms. The molecule has 0 amide bonds. The summed E-state index contributed by atoms with van der Waals surface area (Å²) in [7, 11) is 0. The molecule has 2 aromatic rings. The van der Waals surface area contributed by atoms with Crippen molar-refractivity contribution >= 4 is 0 Å². The van der Waals surface area contributed by atoms with E-state index in [9.17, 15) is 10.2 Å². The van der Waals surface area contributed by atoms with Crippen molar-refractivity contribution in [1.29, 1.82) is 0 Å². The van der Waals surface area contributed by atoms with Crippen molar-refractivity contribution in [3.05, 3.63) is 59.7 Å². The van der Waals surface area contributed by atoms with Crippen LogP contribution in [0, 0.1) is 0 Å². The first kappa shape index (κ1) is 13.1. The Morgan fingerprint density at radius 1 is 0.706 bits per heavy atom. The average molecular weight is 231 g/mol. The number of rotatable bonds is 2. The molecule has 0 aromatic heterocycles. The number of benzene rings is 2. The first-order chi connectivity index (χ1) is 7.66. The number of aromatic hydroxyl groups is 2. The Labute approximate surface area is 101 Å². The Bertz CT molecular complexity index is 417. The molecule has 0 aliphatic heterocycles. The lowest BCUT2D eigenvalue weighted by molar-refractivity contribution is 0.475. The molecule has 5 N–H and O–H groups in total. The van der Waals surface area contributed by atoms with Gasteiger partial charge in [0.1, 0.15) is 11.5 Å². The second kappa shape index (κ2) is 5.37. The Balaban J connectivity index is 0.00000144. The summed E-state index contributed by atoms with van der Waals surface area (Å²) < 4.78 is 0. The lowest BCUT2D eigenvalue weighted by atomic mass is 9.93. The minimum Gasteiger partial charge on any atom is -0.508 e. The summed E-state index contributed by atoms with van der Waals surface area (Å²) in [5, 5.41) is 18.4. The van der Waals surface area contributed by atoms with E-state index in [4.69, 9.17) is 0 Å². The van der Waals surface area contributed by atoms with E-state index in [-0.39, 0.29) is 23.6 Å². The molecule has 3 heteroatoms. The van der Waals surface area contributed by atoms with Gasteiger partial charge in [-0.15, -0.1) is 0 Å². The first-order valence-corrected chi connectivity index (χ1v) is 5.24. The van der Waals surface area contributed by atoms with E-state index >= 15 is 0 Å². The molecule has 2 rings (SSSR count). The lowest BCUT2D eigenvalue weighted by Gasteiger charge is -2.12. The highest BCUT2D eigenvalue weighted by atomic mass is 16.3. The molecule has 0 saturated carbocycles. The smallest absolute Gasteiger partial charge is 0.115 e. The summed E-state index contributed by atoms with van der Waals surface area (Å²) in [6.45, 7) is 2.10. The van der Waals surface area contributed by atoms with Crippen LogP contribution >= 0.6 is 0 Å². The molecule has 0 aliphatic carbocycles. The average Bonchev–Trinajstić information content (AvgIpc) is 2.30. The summed E-state index contributed by atoms with van der Waals surface area (Å²) in [5.74, 6) is 0.810. The normalized spacial score (nSPS) is 10.0. The monoisotopic (exact) mass is 231 g/mol. The zero-order valence-electron chi connectivity index (χ0n) is 9.80. The molecule has 0 unspecified atom stereocenters. The predicted octanol–water partition coefficient (Wildman–Crippen LogP) is 3.41. The highest BCUT2D eigenvalue weighted by Crippen LogP contribution is 2.26. The van der Waals surface area contributed by atoms with Crippen molar-refractivity contribution < 1.29 is 10.2 Å². The van der Waals surface area contributed by atoms with Gasteiger partial charge < -0.3 is 16.4 Å². The maximum atomic E-state index is 9.21. The highest BCUT2D eigenvalue weighted by molar-refractivity contribution is 5.36. The van der Waals surface area contributed by atoms with Gasteiger partial charge in [0.2, 0.25) is 0 Å². The van der Waals surface area contributed by atoms with E-state index in [2.05, 4.69) is 6.92 Å². The van der Waals surface area contributed by atoms with Crippen molar-refractivity contribution in [1.82, 2.24) is 6.15 Å². The van der Waals surface area contributed by atoms with E-state index in [0.29, 0.717) is 0 Å². The number of hydrogen-bond donors (Lipinski definition) is 3. The highest BCUT2D eigenvalue weighted by Gasteiger charge is 2.07. The van der Waals surface area contributed by atoms with Crippen LogP contribution in [-0.4, -0.2) is 10.2 Å². The minimum absolute atomic E-state index is 0. The standard InChI is InChI=1S/C14H14O2.H3N/c1-10(11-2-6-13(15)7-3-11)12-4-8-14(16)9-5-12;/h2-10,15-16H,1H3;1H3. The largest absolute Gasteiger partial charge is 0.508 e. The van der Waals surface area contributed by atoms with Crippen molar-refractivity contribution in [3.8, 4) is 11.5 Å². The van der Waals surface area contributed by atoms with E-state index in [1.807, 2.05) is 24.3 Å². The number of phenolic OH excluding ortho intramolecular Hbond substituents is 2. The van der Waals surface area contributed by atoms with Crippen LogP contribution in [0.3, 0.4) is 0 Å². The fourth-order valence-electron chi connectivity index (χ4n) is 1.72. The Morgan fingerprint density at radius 3 is 1.29 bits per heavy atom. The van der Waals surface area contributed by atoms with Gasteiger partial charge in [0.15, 0.2) is 0 Å². The van der Waals surface area contributed by atoms with Gasteiger partial charge in [0.05, 0.1) is 0 Å². The van der Waals surface area contributed by atoms with Crippen LogP contribution < -0.4 is 6.15 Å². The number of hydrogen-bond acceptors (Lipinski definition) is 3. The predicted molar refractivity (Wildman–Crippen MR) is 68.8 cm³/mol. The molecule has 90 valence electrons. The van der Waals surface area contributed by atoms with Gasteiger partial charge >= 0.3 is 0 Å². The third-order valence-electron chi connectivity index (χ3n) is 2.79. The molecule has 0 aliphatic rings. The van der Waals surface area contributed by atoms with Crippen molar-refractivity contribution in [3.63, 3.8) is 0 Å². The van der Waals surface area contributed by atoms with Gasteiger partial charge in [-0.2, -0.15) is 0 Å². The molecular formula is C14H17NO2. The van der Waals surface area contributed by atoms with Crippen LogP contribution in [0.2, 0.25) is 0 Å². The Hall–Kier alpha value is -2.00. The van der Waals surface area contributed by atoms with E-state index < -0.39 is 0 Å². The van der Waals surface area contributed by atoms with E-state index in [1.165, 1.54) is 0 Å². The summed E-state index contributed by atoms with van der Waals surface area (Å²) in [5.41, 5.74) is 2.28. The second-order valence-electron chi connectivity index (χ2n) is 3.90. The topological polar surface area (TPSA) is 75.5 Å². The van der Waals surface area contributed by atoms with Crippen LogP contribution in [0.15, 0.2) is 48.5 Å². The van der Waals surface area contributed by atoms with E-state index in [0.717, 1.165) is 11.1 Å². The molecule has 0 spiro atoms. The van der Waals surface area contributed by atoms with Gasteiger partial charge in [-0.05, 0) is 35.4 Å². The lowest BCUT2D eigenvalue weighted by Crippen LogP contribution is -1.94. The molecule has 0 atom stereocenters. The summed E-state index contributed by atoms with van der Waals surface area (Å²) >= 11 is 0. The minimum atomic E-state index is 0. The van der Waals surface area contributed by atoms with Gasteiger partial charge in [0, 0.05) is 5.92 Å². The quantitative estimate of drug-likeness (QED) is 0.741. The van der Waals surface area contributed by atoms with Gasteiger partial charge in [-0.1, -0.05) is 31.2 Å². The number of phenols is 2. The van der Waals surface area contributed by atoms with Crippen LogP contribution in [0.5, 0.6) is 11.5 Å². The van der Waals surface area contributed by atoms with Crippen LogP contribution in [0.1, 0.15) is 24.0 Å². The fraction of sp³-hybridized carbons (Fsp3) is 0.143. The molecule has 3 nitrogen and oxygen atoms in total. The SMILES string of the molecule is CC(c1ccc(O)cc1)c1ccc(O)cc1.N. The molecule has 0 fully saturated rings. The summed E-state index contributed by atoms with van der Waals surface area (Å²) in [4.78, 5) is 0. The Morgan fingerprint density at radius 2 is 1.00 bits per heavy atom. The first-order valence-electron chi connectivity index (χ1n) is 5.24. The van der Waals surface area contributed by atoms with Gasteiger partial charge in [0.25, 0.3) is 0 Å². The van der Waals surface area contributed by atoms with Crippen LogP contribution in [-0.2, 0) is 0 Å². The van der Waals surface area contributed by atoms with Crippen molar-refractivity contribution in [2.45, 2.75) is 12.8 Å². The molecule has 17 heavy (non-hydrogen) atoms. The maximum absolute atomic E-state index is 9.21.